The molecule has 0 saturated heterocycles. The molecule has 132 valence electrons. The Balaban J connectivity index is 1.87. The molecule has 3 N–H and O–H groups in total. The van der Waals surface area contributed by atoms with E-state index < -0.39 is 0 Å². The van der Waals surface area contributed by atoms with Crippen LogP contribution in [-0.4, -0.2) is 26.7 Å². The minimum Gasteiger partial charge on any atom is -0.358 e. The van der Waals surface area contributed by atoms with Crippen molar-refractivity contribution in [2.75, 3.05) is 11.9 Å². The molecule has 0 saturated carbocycles. The van der Waals surface area contributed by atoms with Gasteiger partial charge in [0.25, 0.3) is 0 Å². The number of benzene rings is 1. The van der Waals surface area contributed by atoms with Gasteiger partial charge >= 0.3 is 0 Å². The molecule has 1 unspecified atom stereocenters. The molecule has 2 aromatic heterocycles. The lowest BCUT2D eigenvalue weighted by atomic mass is 10.1. The van der Waals surface area contributed by atoms with Gasteiger partial charge < -0.3 is 15.6 Å². The molecule has 25 heavy (non-hydrogen) atoms. The lowest BCUT2D eigenvalue weighted by Crippen LogP contribution is -2.12. The van der Waals surface area contributed by atoms with Crippen molar-refractivity contribution in [3.63, 3.8) is 0 Å². The largest absolute Gasteiger partial charge is 0.358 e. The SMILES string of the molecule is CC(C)Cc1noc(C(C)Nc2nc(CCN)nc3ccccc23)n1. The van der Waals surface area contributed by atoms with Gasteiger partial charge in [-0.05, 0) is 31.5 Å². The molecule has 1 atom stereocenters. The van der Waals surface area contributed by atoms with E-state index in [1.165, 1.54) is 0 Å². The second kappa shape index (κ2) is 7.57. The van der Waals surface area contributed by atoms with E-state index in [1.807, 2.05) is 31.2 Å². The van der Waals surface area contributed by atoms with Crippen molar-refractivity contribution in [2.45, 2.75) is 39.7 Å². The summed E-state index contributed by atoms with van der Waals surface area (Å²) in [5.74, 6) is 3.25. The lowest BCUT2D eigenvalue weighted by Gasteiger charge is -2.13. The van der Waals surface area contributed by atoms with E-state index in [1.54, 1.807) is 0 Å². The van der Waals surface area contributed by atoms with Gasteiger partial charge in [-0.25, -0.2) is 9.97 Å². The highest BCUT2D eigenvalue weighted by Gasteiger charge is 2.17. The Morgan fingerprint density at radius 2 is 1.88 bits per heavy atom. The first-order chi connectivity index (χ1) is 12.1. The van der Waals surface area contributed by atoms with Gasteiger partial charge in [0.05, 0.1) is 5.52 Å². The first kappa shape index (κ1) is 17.3. The predicted octanol–water partition coefficient (Wildman–Crippen LogP) is 2.89. The minimum atomic E-state index is -0.155. The van der Waals surface area contributed by atoms with Gasteiger partial charge in [0, 0.05) is 18.2 Å². The number of anilines is 1. The first-order valence-corrected chi connectivity index (χ1v) is 8.61. The van der Waals surface area contributed by atoms with Gasteiger partial charge in [-0.2, -0.15) is 4.98 Å². The molecule has 1 aromatic carbocycles. The molecule has 0 aliphatic heterocycles. The average molecular weight is 340 g/mol. The second-order valence-electron chi connectivity index (χ2n) is 6.56. The van der Waals surface area contributed by atoms with Gasteiger partial charge in [0.1, 0.15) is 17.7 Å². The number of fused-ring (bicyclic) bond motifs is 1. The molecule has 7 nitrogen and oxygen atoms in total. The van der Waals surface area contributed by atoms with Crippen LogP contribution >= 0.6 is 0 Å². The Labute approximate surface area is 147 Å². The summed E-state index contributed by atoms with van der Waals surface area (Å²) >= 11 is 0. The number of nitrogens with one attached hydrogen (secondary N) is 1. The second-order valence-corrected chi connectivity index (χ2v) is 6.56. The van der Waals surface area contributed by atoms with Crippen LogP contribution in [0.4, 0.5) is 5.82 Å². The van der Waals surface area contributed by atoms with Gasteiger partial charge in [0.15, 0.2) is 5.82 Å². The summed E-state index contributed by atoms with van der Waals surface area (Å²) in [4.78, 5) is 13.7. The van der Waals surface area contributed by atoms with Crippen molar-refractivity contribution in [2.24, 2.45) is 11.7 Å². The summed E-state index contributed by atoms with van der Waals surface area (Å²) < 4.78 is 5.40. The van der Waals surface area contributed by atoms with Crippen LogP contribution in [0.3, 0.4) is 0 Å². The van der Waals surface area contributed by atoms with Crippen molar-refractivity contribution < 1.29 is 4.52 Å². The quantitative estimate of drug-likeness (QED) is 0.681. The van der Waals surface area contributed by atoms with E-state index in [0.717, 1.165) is 34.8 Å². The number of para-hydroxylation sites is 1. The number of rotatable bonds is 7. The third kappa shape index (κ3) is 4.11. The molecule has 0 aliphatic carbocycles. The standard InChI is InChI=1S/C18H24N6O/c1-11(2)10-16-23-18(25-24-16)12(3)20-17-13-6-4-5-7-14(13)21-15(22-17)8-9-19/h4-7,11-12H,8-10,19H2,1-3H3,(H,20,21,22). The molecular formula is C18H24N6O. The summed E-state index contributed by atoms with van der Waals surface area (Å²) in [5.41, 5.74) is 6.55. The van der Waals surface area contributed by atoms with E-state index in [2.05, 4.69) is 39.3 Å². The van der Waals surface area contributed by atoms with Gasteiger partial charge in [0.2, 0.25) is 5.89 Å². The third-order valence-corrected chi connectivity index (χ3v) is 3.82. The smallest absolute Gasteiger partial charge is 0.248 e. The molecule has 0 amide bonds. The number of nitrogens with zero attached hydrogens (tertiary/aromatic N) is 4. The van der Waals surface area contributed by atoms with Crippen LogP contribution in [0.5, 0.6) is 0 Å². The van der Waals surface area contributed by atoms with Crippen molar-refractivity contribution in [1.29, 1.82) is 0 Å². The highest BCUT2D eigenvalue weighted by atomic mass is 16.5. The number of aromatic nitrogens is 4. The summed E-state index contributed by atoms with van der Waals surface area (Å²) in [6.45, 7) is 6.75. The van der Waals surface area contributed by atoms with Crippen LogP contribution in [-0.2, 0) is 12.8 Å². The molecular weight excluding hydrogens is 316 g/mol. The Morgan fingerprint density at radius 1 is 1.08 bits per heavy atom. The topological polar surface area (TPSA) is 103 Å². The van der Waals surface area contributed by atoms with E-state index in [-0.39, 0.29) is 6.04 Å². The summed E-state index contributed by atoms with van der Waals surface area (Å²) in [6, 6.07) is 7.75. The molecule has 3 aromatic rings. The van der Waals surface area contributed by atoms with Crippen molar-refractivity contribution in [1.82, 2.24) is 20.1 Å². The highest BCUT2D eigenvalue weighted by molar-refractivity contribution is 5.89. The maximum absolute atomic E-state index is 5.66. The minimum absolute atomic E-state index is 0.155. The zero-order chi connectivity index (χ0) is 17.8. The average Bonchev–Trinajstić information content (AvgIpc) is 3.03. The van der Waals surface area contributed by atoms with Crippen LogP contribution in [0.1, 0.15) is 44.4 Å². The zero-order valence-corrected chi connectivity index (χ0v) is 14.9. The van der Waals surface area contributed by atoms with Crippen molar-refractivity contribution in [3.8, 4) is 0 Å². The summed E-state index contributed by atoms with van der Waals surface area (Å²) in [5, 5.41) is 8.39. The first-order valence-electron chi connectivity index (χ1n) is 8.61. The fraction of sp³-hybridized carbons (Fsp3) is 0.444. The Kier molecular flexibility index (Phi) is 5.23. The molecule has 0 bridgehead atoms. The Morgan fingerprint density at radius 3 is 2.64 bits per heavy atom. The monoisotopic (exact) mass is 340 g/mol. The predicted molar refractivity (Wildman–Crippen MR) is 97.2 cm³/mol. The summed E-state index contributed by atoms with van der Waals surface area (Å²) in [6.07, 6.45) is 1.43. The Hall–Kier alpha value is -2.54. The summed E-state index contributed by atoms with van der Waals surface area (Å²) in [7, 11) is 0. The van der Waals surface area contributed by atoms with E-state index in [9.17, 15) is 0 Å². The maximum Gasteiger partial charge on any atom is 0.248 e. The molecule has 3 rings (SSSR count). The van der Waals surface area contributed by atoms with Gasteiger partial charge in [-0.3, -0.25) is 0 Å². The van der Waals surface area contributed by atoms with Crippen LogP contribution < -0.4 is 11.1 Å². The Bertz CT molecular complexity index is 844. The van der Waals surface area contributed by atoms with E-state index >= 15 is 0 Å². The number of nitrogens with two attached hydrogens (primary N) is 1. The van der Waals surface area contributed by atoms with Crippen LogP contribution in [0, 0.1) is 5.92 Å². The number of hydrogen-bond donors (Lipinski definition) is 2. The van der Waals surface area contributed by atoms with Gasteiger partial charge in [-0.15, -0.1) is 0 Å². The number of hydrogen-bond acceptors (Lipinski definition) is 7. The molecule has 0 aliphatic rings. The highest BCUT2D eigenvalue weighted by Crippen LogP contribution is 2.24. The molecule has 0 radical (unpaired) electrons. The van der Waals surface area contributed by atoms with E-state index in [0.29, 0.717) is 24.8 Å². The molecule has 2 heterocycles. The zero-order valence-electron chi connectivity index (χ0n) is 14.9. The van der Waals surface area contributed by atoms with Crippen LogP contribution in [0.25, 0.3) is 10.9 Å². The van der Waals surface area contributed by atoms with Crippen LogP contribution in [0.15, 0.2) is 28.8 Å². The fourth-order valence-corrected chi connectivity index (χ4v) is 2.63. The lowest BCUT2D eigenvalue weighted by molar-refractivity contribution is 0.361. The van der Waals surface area contributed by atoms with E-state index in [4.69, 9.17) is 10.3 Å². The molecule has 0 spiro atoms. The molecule has 7 heteroatoms. The third-order valence-electron chi connectivity index (χ3n) is 3.82. The fourth-order valence-electron chi connectivity index (χ4n) is 2.63. The maximum atomic E-state index is 5.66. The molecule has 0 fully saturated rings. The van der Waals surface area contributed by atoms with Crippen molar-refractivity contribution >= 4 is 16.7 Å². The normalized spacial score (nSPS) is 12.7. The van der Waals surface area contributed by atoms with Gasteiger partial charge in [-0.1, -0.05) is 31.1 Å². The van der Waals surface area contributed by atoms with Crippen molar-refractivity contribution in [3.05, 3.63) is 41.8 Å². The van der Waals surface area contributed by atoms with Crippen LogP contribution in [0.2, 0.25) is 0 Å².